The van der Waals surface area contributed by atoms with Crippen LogP contribution in [-0.2, 0) is 16.1 Å². The normalized spacial score (nSPS) is 17.8. The molecule has 4 heterocycles. The minimum Gasteiger partial charge on any atom is -0.340 e. The number of thiophene rings is 1. The van der Waals surface area contributed by atoms with Gasteiger partial charge in [-0.25, -0.2) is 0 Å². The second-order valence-corrected chi connectivity index (χ2v) is 9.57. The molecule has 0 atom stereocenters. The van der Waals surface area contributed by atoms with Gasteiger partial charge < -0.3 is 9.80 Å². The number of rotatable bonds is 5. The molecule has 3 aromatic rings. The van der Waals surface area contributed by atoms with Crippen LogP contribution in [0.3, 0.4) is 0 Å². The fourth-order valence-corrected chi connectivity index (χ4v) is 5.26. The largest absolute Gasteiger partial charge is 0.340 e. The Morgan fingerprint density at radius 1 is 1.03 bits per heavy atom. The smallest absolute Gasteiger partial charge is 0.246 e. The van der Waals surface area contributed by atoms with Crippen LogP contribution in [-0.4, -0.2) is 68.0 Å². The van der Waals surface area contributed by atoms with E-state index in [4.69, 9.17) is 0 Å². The Hall–Kier alpha value is -3.33. The van der Waals surface area contributed by atoms with Crippen molar-refractivity contribution < 1.29 is 9.59 Å². The molecule has 0 saturated carbocycles. The molecule has 2 aliphatic rings. The van der Waals surface area contributed by atoms with E-state index in [-0.39, 0.29) is 23.8 Å². The third-order valence-corrected chi connectivity index (χ3v) is 7.35. The number of tetrazole rings is 1. The van der Waals surface area contributed by atoms with Crippen LogP contribution >= 0.6 is 11.3 Å². The fraction of sp³-hybridized carbons (Fsp3) is 0.375. The van der Waals surface area contributed by atoms with Gasteiger partial charge in [0.15, 0.2) is 0 Å². The first kappa shape index (κ1) is 21.5. The molecule has 0 N–H and O–H groups in total. The van der Waals surface area contributed by atoms with Gasteiger partial charge in [0.25, 0.3) is 0 Å². The zero-order valence-electron chi connectivity index (χ0n) is 18.3. The van der Waals surface area contributed by atoms with E-state index in [1.807, 2.05) is 63.0 Å². The van der Waals surface area contributed by atoms with Crippen LogP contribution in [0.4, 0.5) is 0 Å². The van der Waals surface area contributed by atoms with Crippen molar-refractivity contribution in [3.8, 4) is 11.4 Å². The average molecular weight is 463 g/mol. The van der Waals surface area contributed by atoms with Crippen LogP contribution in [0.15, 0.2) is 53.2 Å². The Morgan fingerprint density at radius 2 is 1.79 bits per heavy atom. The van der Waals surface area contributed by atoms with E-state index in [1.54, 1.807) is 17.4 Å². The summed E-state index contributed by atoms with van der Waals surface area (Å²) in [7, 11) is 0. The highest BCUT2D eigenvalue weighted by molar-refractivity contribution is 7.08. The standard InChI is InChI=1S/C24H26N6O2S/c31-21(7-6-19-8-15-33-17-19)28-12-9-24(10-13-28)11-14-29(18-24)22(32)16-30-26-23(25-27-30)20-4-2-1-3-5-20/h1-8,15,17H,9-14,16,18H2. The number of benzene rings is 1. The average Bonchev–Trinajstić information content (AvgIpc) is 3.61. The van der Waals surface area contributed by atoms with E-state index in [9.17, 15) is 9.59 Å². The number of hydrogen-bond acceptors (Lipinski definition) is 6. The summed E-state index contributed by atoms with van der Waals surface area (Å²) in [6.07, 6.45) is 6.37. The third kappa shape index (κ3) is 4.88. The predicted molar refractivity (Wildman–Crippen MR) is 126 cm³/mol. The van der Waals surface area contributed by atoms with Crippen LogP contribution in [0.2, 0.25) is 0 Å². The van der Waals surface area contributed by atoms with Gasteiger partial charge in [-0.1, -0.05) is 30.3 Å². The second kappa shape index (κ2) is 9.27. The van der Waals surface area contributed by atoms with Crippen molar-refractivity contribution in [1.82, 2.24) is 30.0 Å². The number of likely N-dealkylation sites (tertiary alicyclic amines) is 2. The minimum atomic E-state index is 0.0149. The molecule has 0 bridgehead atoms. The van der Waals surface area contributed by atoms with Crippen LogP contribution in [0, 0.1) is 5.41 Å². The lowest BCUT2D eigenvalue weighted by Gasteiger charge is -2.38. The van der Waals surface area contributed by atoms with Crippen molar-refractivity contribution >= 4 is 29.2 Å². The molecular weight excluding hydrogens is 436 g/mol. The Balaban J connectivity index is 1.13. The van der Waals surface area contributed by atoms with Crippen LogP contribution < -0.4 is 0 Å². The first-order valence-corrected chi connectivity index (χ1v) is 12.1. The van der Waals surface area contributed by atoms with Crippen molar-refractivity contribution in [2.75, 3.05) is 26.2 Å². The third-order valence-electron chi connectivity index (χ3n) is 6.65. The highest BCUT2D eigenvalue weighted by atomic mass is 32.1. The predicted octanol–water partition coefficient (Wildman–Crippen LogP) is 2.96. The number of piperidine rings is 1. The summed E-state index contributed by atoms with van der Waals surface area (Å²) in [5, 5.41) is 16.5. The van der Waals surface area contributed by atoms with E-state index in [1.165, 1.54) is 4.80 Å². The summed E-state index contributed by atoms with van der Waals surface area (Å²) in [5.74, 6) is 0.598. The molecule has 1 aromatic carbocycles. The number of aromatic nitrogens is 4. The number of carbonyl (C=O) groups is 2. The van der Waals surface area contributed by atoms with Crippen molar-refractivity contribution in [3.63, 3.8) is 0 Å². The maximum atomic E-state index is 12.9. The molecule has 170 valence electrons. The molecule has 8 nitrogen and oxygen atoms in total. The van der Waals surface area contributed by atoms with Gasteiger partial charge in [0.1, 0.15) is 6.54 Å². The second-order valence-electron chi connectivity index (χ2n) is 8.79. The van der Waals surface area contributed by atoms with Gasteiger partial charge in [0.05, 0.1) is 0 Å². The molecule has 2 aliphatic heterocycles. The SMILES string of the molecule is O=C(C=Cc1ccsc1)N1CCC2(CC1)CCN(C(=O)Cn1nnc(-c3ccccc3)n1)C2. The lowest BCUT2D eigenvalue weighted by atomic mass is 9.78. The van der Waals surface area contributed by atoms with Gasteiger partial charge in [0, 0.05) is 37.8 Å². The van der Waals surface area contributed by atoms with Gasteiger partial charge in [-0.05, 0) is 58.4 Å². The highest BCUT2D eigenvalue weighted by Crippen LogP contribution is 2.40. The molecule has 0 aliphatic carbocycles. The molecule has 2 fully saturated rings. The van der Waals surface area contributed by atoms with Crippen molar-refractivity contribution in [3.05, 3.63) is 58.8 Å². The first-order valence-electron chi connectivity index (χ1n) is 11.2. The Labute approximate surface area is 196 Å². The van der Waals surface area contributed by atoms with Gasteiger partial charge >= 0.3 is 0 Å². The zero-order chi connectivity index (χ0) is 22.7. The molecule has 2 saturated heterocycles. The van der Waals surface area contributed by atoms with E-state index in [0.29, 0.717) is 5.82 Å². The summed E-state index contributed by atoms with van der Waals surface area (Å²) < 4.78 is 0. The Morgan fingerprint density at radius 3 is 2.52 bits per heavy atom. The summed E-state index contributed by atoms with van der Waals surface area (Å²) in [6.45, 7) is 3.04. The summed E-state index contributed by atoms with van der Waals surface area (Å²) in [6, 6.07) is 11.6. The van der Waals surface area contributed by atoms with Gasteiger partial charge in [0.2, 0.25) is 17.6 Å². The number of amides is 2. The Bertz CT molecular complexity index is 1130. The van der Waals surface area contributed by atoms with Crippen LogP contribution in [0.5, 0.6) is 0 Å². The molecule has 5 rings (SSSR count). The summed E-state index contributed by atoms with van der Waals surface area (Å²) in [5.41, 5.74) is 2.04. The quantitative estimate of drug-likeness (QED) is 0.545. The first-order chi connectivity index (χ1) is 16.1. The Kier molecular flexibility index (Phi) is 6.04. The molecule has 0 radical (unpaired) electrons. The molecule has 2 amide bonds. The van der Waals surface area contributed by atoms with E-state index in [2.05, 4.69) is 15.4 Å². The number of nitrogens with zero attached hydrogens (tertiary/aromatic N) is 6. The van der Waals surface area contributed by atoms with Crippen molar-refractivity contribution in [2.24, 2.45) is 5.41 Å². The van der Waals surface area contributed by atoms with Crippen molar-refractivity contribution in [1.29, 1.82) is 0 Å². The van der Waals surface area contributed by atoms with Gasteiger partial charge in [-0.3, -0.25) is 9.59 Å². The molecule has 1 spiro atoms. The number of carbonyl (C=O) groups excluding carboxylic acids is 2. The topological polar surface area (TPSA) is 84.2 Å². The van der Waals surface area contributed by atoms with Gasteiger partial charge in [-0.2, -0.15) is 16.1 Å². The van der Waals surface area contributed by atoms with E-state index in [0.717, 1.165) is 56.6 Å². The molecular formula is C24H26N6O2S. The summed E-state index contributed by atoms with van der Waals surface area (Å²) in [4.78, 5) is 30.6. The summed E-state index contributed by atoms with van der Waals surface area (Å²) >= 11 is 1.62. The van der Waals surface area contributed by atoms with Gasteiger partial charge in [-0.15, -0.1) is 10.2 Å². The van der Waals surface area contributed by atoms with Crippen molar-refractivity contribution in [2.45, 2.75) is 25.8 Å². The van der Waals surface area contributed by atoms with E-state index < -0.39 is 0 Å². The molecule has 2 aromatic heterocycles. The fourth-order valence-electron chi connectivity index (χ4n) is 4.63. The maximum absolute atomic E-state index is 12.9. The van der Waals surface area contributed by atoms with Crippen LogP contribution in [0.25, 0.3) is 17.5 Å². The monoisotopic (exact) mass is 462 g/mol. The lowest BCUT2D eigenvalue weighted by Crippen LogP contribution is -2.44. The number of hydrogen-bond donors (Lipinski definition) is 0. The highest BCUT2D eigenvalue weighted by Gasteiger charge is 2.42. The molecule has 9 heteroatoms. The minimum absolute atomic E-state index is 0.0149. The molecule has 0 unspecified atom stereocenters. The molecule has 33 heavy (non-hydrogen) atoms. The maximum Gasteiger partial charge on any atom is 0.246 e. The van der Waals surface area contributed by atoms with Crippen LogP contribution in [0.1, 0.15) is 24.8 Å². The van der Waals surface area contributed by atoms with E-state index >= 15 is 0 Å². The zero-order valence-corrected chi connectivity index (χ0v) is 19.2. The lowest BCUT2D eigenvalue weighted by molar-refractivity contribution is -0.133.